The van der Waals surface area contributed by atoms with E-state index in [0.717, 1.165) is 24.9 Å². The molecule has 23 heavy (non-hydrogen) atoms. The third-order valence-corrected chi connectivity index (χ3v) is 3.97. The van der Waals surface area contributed by atoms with E-state index in [1.807, 2.05) is 6.07 Å². The first-order valence-electron chi connectivity index (χ1n) is 7.59. The molecule has 0 saturated carbocycles. The first kappa shape index (κ1) is 17.5. The van der Waals surface area contributed by atoms with E-state index in [2.05, 4.69) is 15.0 Å². The Hall–Kier alpha value is -1.89. The lowest BCUT2D eigenvalue weighted by Crippen LogP contribution is -2.41. The van der Waals surface area contributed by atoms with E-state index in [9.17, 15) is 13.6 Å². The normalized spacial score (nSPS) is 18.7. The van der Waals surface area contributed by atoms with Gasteiger partial charge >= 0.3 is 6.61 Å². The van der Waals surface area contributed by atoms with Crippen molar-refractivity contribution in [2.24, 2.45) is 5.92 Å². The van der Waals surface area contributed by atoms with Gasteiger partial charge in [-0.15, -0.1) is 0 Å². The van der Waals surface area contributed by atoms with Crippen molar-refractivity contribution in [3.63, 3.8) is 0 Å². The molecule has 5 nitrogen and oxygen atoms in total. The van der Waals surface area contributed by atoms with Crippen molar-refractivity contribution in [1.29, 1.82) is 0 Å². The number of nitrogens with one attached hydrogen (secondary N) is 1. The Balaban J connectivity index is 2.05. The van der Waals surface area contributed by atoms with E-state index in [-0.39, 0.29) is 23.3 Å². The van der Waals surface area contributed by atoms with Crippen molar-refractivity contribution < 1.29 is 23.0 Å². The topological polar surface area (TPSA) is 50.8 Å². The number of halogens is 2. The average molecular weight is 328 g/mol. The Morgan fingerprint density at radius 2 is 2.22 bits per heavy atom. The molecule has 2 rings (SSSR count). The predicted octanol–water partition coefficient (Wildman–Crippen LogP) is 2.25. The van der Waals surface area contributed by atoms with Gasteiger partial charge in [-0.1, -0.05) is 6.07 Å². The monoisotopic (exact) mass is 328 g/mol. The lowest BCUT2D eigenvalue weighted by atomic mass is 9.97. The van der Waals surface area contributed by atoms with Crippen LogP contribution in [0.2, 0.25) is 0 Å². The summed E-state index contributed by atoms with van der Waals surface area (Å²) in [7, 11) is 3.05. The van der Waals surface area contributed by atoms with E-state index in [1.54, 1.807) is 19.2 Å². The van der Waals surface area contributed by atoms with Crippen LogP contribution >= 0.6 is 0 Å². The fraction of sp³-hybridized carbons (Fsp3) is 0.562. The van der Waals surface area contributed by atoms with E-state index >= 15 is 0 Å². The van der Waals surface area contributed by atoms with Crippen LogP contribution in [-0.2, 0) is 11.3 Å². The van der Waals surface area contributed by atoms with Crippen molar-refractivity contribution >= 4 is 5.91 Å². The molecule has 1 N–H and O–H groups in total. The van der Waals surface area contributed by atoms with Crippen LogP contribution in [0.3, 0.4) is 0 Å². The van der Waals surface area contributed by atoms with Gasteiger partial charge in [0.1, 0.15) is 0 Å². The molecule has 0 unspecified atom stereocenters. The van der Waals surface area contributed by atoms with Crippen LogP contribution in [0.5, 0.6) is 11.5 Å². The number of hydrogen-bond acceptors (Lipinski definition) is 4. The zero-order chi connectivity index (χ0) is 16.8. The Morgan fingerprint density at radius 1 is 1.43 bits per heavy atom. The third kappa shape index (κ3) is 4.79. The Morgan fingerprint density at radius 3 is 2.87 bits per heavy atom. The second kappa shape index (κ2) is 8.10. The summed E-state index contributed by atoms with van der Waals surface area (Å²) in [6.07, 6.45) is 1.81. The molecule has 0 aliphatic carbocycles. The summed E-state index contributed by atoms with van der Waals surface area (Å²) in [6, 6.07) is 5.00. The molecule has 0 bridgehead atoms. The molecular formula is C16H22F2N2O3. The van der Waals surface area contributed by atoms with Crippen molar-refractivity contribution in [2.75, 3.05) is 27.2 Å². The minimum atomic E-state index is -2.90. The molecule has 1 atom stereocenters. The summed E-state index contributed by atoms with van der Waals surface area (Å²) in [5.41, 5.74) is 0.846. The van der Waals surface area contributed by atoms with Gasteiger partial charge in [-0.25, -0.2) is 0 Å². The van der Waals surface area contributed by atoms with Crippen LogP contribution in [0.15, 0.2) is 18.2 Å². The van der Waals surface area contributed by atoms with Gasteiger partial charge in [-0.2, -0.15) is 8.78 Å². The molecule has 1 amide bonds. The fourth-order valence-corrected chi connectivity index (χ4v) is 2.88. The first-order valence-corrected chi connectivity index (χ1v) is 7.59. The molecule has 1 aromatic rings. The SMILES string of the molecule is CNC(=O)[C@H]1CCCN(Cc2ccc(OC)c(OC(F)F)c2)C1. The summed E-state index contributed by atoms with van der Waals surface area (Å²) in [4.78, 5) is 13.9. The van der Waals surface area contributed by atoms with Crippen LogP contribution in [0, 0.1) is 5.92 Å². The van der Waals surface area contributed by atoms with Crippen LogP contribution in [0.1, 0.15) is 18.4 Å². The maximum absolute atomic E-state index is 12.5. The number of benzene rings is 1. The van der Waals surface area contributed by atoms with Crippen molar-refractivity contribution in [3.05, 3.63) is 23.8 Å². The number of nitrogens with zero attached hydrogens (tertiary/aromatic N) is 1. The molecule has 0 spiro atoms. The second-order valence-corrected chi connectivity index (χ2v) is 5.55. The van der Waals surface area contributed by atoms with Gasteiger partial charge in [0.2, 0.25) is 5.91 Å². The minimum absolute atomic E-state index is 0.0243. The number of rotatable bonds is 6. The number of ether oxygens (including phenoxy) is 2. The molecular weight excluding hydrogens is 306 g/mol. The maximum atomic E-state index is 12.5. The number of piperidine rings is 1. The molecule has 1 fully saturated rings. The number of carbonyl (C=O) groups is 1. The summed E-state index contributed by atoms with van der Waals surface area (Å²) in [5.74, 6) is 0.325. The summed E-state index contributed by atoms with van der Waals surface area (Å²) in [6.45, 7) is -0.773. The van der Waals surface area contributed by atoms with Gasteiger partial charge in [-0.05, 0) is 37.1 Å². The molecule has 1 saturated heterocycles. The fourth-order valence-electron chi connectivity index (χ4n) is 2.88. The molecule has 7 heteroatoms. The third-order valence-electron chi connectivity index (χ3n) is 3.97. The zero-order valence-electron chi connectivity index (χ0n) is 13.4. The number of amides is 1. The minimum Gasteiger partial charge on any atom is -0.493 e. The van der Waals surface area contributed by atoms with E-state index in [0.29, 0.717) is 13.1 Å². The standard InChI is InChI=1S/C16H22F2N2O3/c1-19-15(21)12-4-3-7-20(10-12)9-11-5-6-13(22-2)14(8-11)23-16(17)18/h5-6,8,12,16H,3-4,7,9-10H2,1-2H3,(H,19,21)/t12-/m0/s1. The highest BCUT2D eigenvalue weighted by molar-refractivity contribution is 5.78. The van der Waals surface area contributed by atoms with Crippen LogP contribution in [-0.4, -0.2) is 44.7 Å². The Kier molecular flexibility index (Phi) is 6.15. The van der Waals surface area contributed by atoms with E-state index < -0.39 is 6.61 Å². The van der Waals surface area contributed by atoms with Crippen molar-refractivity contribution in [1.82, 2.24) is 10.2 Å². The van der Waals surface area contributed by atoms with Crippen molar-refractivity contribution in [3.8, 4) is 11.5 Å². The number of alkyl halides is 2. The van der Waals surface area contributed by atoms with Crippen LogP contribution < -0.4 is 14.8 Å². The molecule has 1 aliphatic rings. The molecule has 1 aliphatic heterocycles. The molecule has 0 radical (unpaired) electrons. The number of hydrogen-bond donors (Lipinski definition) is 1. The second-order valence-electron chi connectivity index (χ2n) is 5.55. The van der Waals surface area contributed by atoms with Gasteiger partial charge in [-0.3, -0.25) is 9.69 Å². The lowest BCUT2D eigenvalue weighted by molar-refractivity contribution is -0.126. The van der Waals surface area contributed by atoms with Crippen LogP contribution in [0.25, 0.3) is 0 Å². The quantitative estimate of drug-likeness (QED) is 0.870. The smallest absolute Gasteiger partial charge is 0.387 e. The van der Waals surface area contributed by atoms with E-state index in [1.165, 1.54) is 7.11 Å². The highest BCUT2D eigenvalue weighted by Crippen LogP contribution is 2.30. The predicted molar refractivity (Wildman–Crippen MR) is 81.7 cm³/mol. The highest BCUT2D eigenvalue weighted by atomic mass is 19.3. The summed E-state index contributed by atoms with van der Waals surface area (Å²) in [5, 5.41) is 2.68. The van der Waals surface area contributed by atoms with Gasteiger partial charge in [0.25, 0.3) is 0 Å². The average Bonchev–Trinajstić information content (AvgIpc) is 2.54. The summed E-state index contributed by atoms with van der Waals surface area (Å²) >= 11 is 0. The highest BCUT2D eigenvalue weighted by Gasteiger charge is 2.25. The molecule has 1 aromatic carbocycles. The maximum Gasteiger partial charge on any atom is 0.387 e. The summed E-state index contributed by atoms with van der Waals surface area (Å²) < 4.78 is 34.5. The van der Waals surface area contributed by atoms with Crippen molar-refractivity contribution in [2.45, 2.75) is 26.0 Å². The Bertz CT molecular complexity index is 540. The van der Waals surface area contributed by atoms with Crippen LogP contribution in [0.4, 0.5) is 8.78 Å². The Labute approximate surface area is 134 Å². The lowest BCUT2D eigenvalue weighted by Gasteiger charge is -2.31. The van der Waals surface area contributed by atoms with Gasteiger partial charge in [0, 0.05) is 20.1 Å². The van der Waals surface area contributed by atoms with Gasteiger partial charge in [0.15, 0.2) is 11.5 Å². The van der Waals surface area contributed by atoms with E-state index in [4.69, 9.17) is 4.74 Å². The van der Waals surface area contributed by atoms with Gasteiger partial charge in [0.05, 0.1) is 13.0 Å². The van der Waals surface area contributed by atoms with Gasteiger partial charge < -0.3 is 14.8 Å². The number of likely N-dealkylation sites (tertiary alicyclic amines) is 1. The molecule has 128 valence electrons. The molecule has 0 aromatic heterocycles. The zero-order valence-corrected chi connectivity index (χ0v) is 13.4. The number of methoxy groups -OCH3 is 1. The largest absolute Gasteiger partial charge is 0.493 e. The number of carbonyl (C=O) groups excluding carboxylic acids is 1. The molecule has 1 heterocycles. The first-order chi connectivity index (χ1) is 11.0.